The first-order valence-electron chi connectivity index (χ1n) is 9.55. The van der Waals surface area contributed by atoms with Crippen molar-refractivity contribution in [3.05, 3.63) is 64.8 Å². The highest BCUT2D eigenvalue weighted by molar-refractivity contribution is 6.29. The van der Waals surface area contributed by atoms with Crippen LogP contribution in [0.5, 0.6) is 0 Å². The number of ether oxygens (including phenoxy) is 1. The van der Waals surface area contributed by atoms with Crippen molar-refractivity contribution in [3.63, 3.8) is 0 Å². The van der Waals surface area contributed by atoms with Crippen molar-refractivity contribution in [2.24, 2.45) is 0 Å². The summed E-state index contributed by atoms with van der Waals surface area (Å²) in [6.45, 7) is 5.24. The molecule has 0 aliphatic carbocycles. The second-order valence-corrected chi connectivity index (χ2v) is 7.33. The molecule has 0 bridgehead atoms. The number of rotatable bonds is 5. The van der Waals surface area contributed by atoms with E-state index in [9.17, 15) is 4.79 Å². The van der Waals surface area contributed by atoms with Gasteiger partial charge >= 0.3 is 0 Å². The van der Waals surface area contributed by atoms with Gasteiger partial charge in [0.1, 0.15) is 11.0 Å². The molecule has 3 heterocycles. The van der Waals surface area contributed by atoms with Gasteiger partial charge in [-0.1, -0.05) is 17.7 Å². The van der Waals surface area contributed by atoms with E-state index < -0.39 is 0 Å². The van der Waals surface area contributed by atoms with Crippen molar-refractivity contribution in [1.82, 2.24) is 25.2 Å². The fourth-order valence-corrected chi connectivity index (χ4v) is 3.69. The lowest BCUT2D eigenvalue weighted by molar-refractivity contribution is 0.0161. The Bertz CT molecular complexity index is 1010. The van der Waals surface area contributed by atoms with E-state index in [4.69, 9.17) is 16.3 Å². The summed E-state index contributed by atoms with van der Waals surface area (Å²) in [4.78, 5) is 28.2. The van der Waals surface area contributed by atoms with Crippen LogP contribution in [0.3, 0.4) is 0 Å². The van der Waals surface area contributed by atoms with Gasteiger partial charge in [-0.25, -0.2) is 15.0 Å². The molecule has 1 aliphatic rings. The van der Waals surface area contributed by atoms with Gasteiger partial charge in [0, 0.05) is 48.5 Å². The number of pyridine rings is 1. The third-order valence-corrected chi connectivity index (χ3v) is 5.28. The molecule has 1 aliphatic heterocycles. The Labute approximate surface area is 174 Å². The molecule has 1 unspecified atom stereocenters. The first-order valence-corrected chi connectivity index (χ1v) is 9.93. The summed E-state index contributed by atoms with van der Waals surface area (Å²) in [6.07, 6.45) is 3.66. The highest BCUT2D eigenvalue weighted by atomic mass is 35.5. The number of carbonyl (C=O) groups excluding carboxylic acids is 1. The zero-order chi connectivity index (χ0) is 20.2. The van der Waals surface area contributed by atoms with Crippen LogP contribution in [0.2, 0.25) is 5.15 Å². The Hall–Kier alpha value is -2.61. The standard InChI is InChI=1S/C21H22ClN5O2/c1-14-23-11-15(12-24-14)19(27-7-9-29-10-8-27)13-25-21(28)17-3-2-4-18-16(17)5-6-20(22)26-18/h2-6,11-12,19H,7-10,13H2,1H3,(H,25,28). The fraction of sp³-hybridized carbons (Fsp3) is 0.333. The Morgan fingerprint density at radius 3 is 2.72 bits per heavy atom. The van der Waals surface area contributed by atoms with Crippen LogP contribution < -0.4 is 5.32 Å². The number of fused-ring (bicyclic) bond motifs is 1. The molecule has 7 nitrogen and oxygen atoms in total. The summed E-state index contributed by atoms with van der Waals surface area (Å²) < 4.78 is 5.48. The molecule has 3 aromatic rings. The molecular weight excluding hydrogens is 390 g/mol. The first kappa shape index (κ1) is 19.7. The van der Waals surface area contributed by atoms with E-state index in [1.54, 1.807) is 12.1 Å². The molecule has 150 valence electrons. The second kappa shape index (κ2) is 8.82. The molecule has 29 heavy (non-hydrogen) atoms. The predicted molar refractivity (Wildman–Crippen MR) is 111 cm³/mol. The number of aryl methyl sites for hydroxylation is 1. The third-order valence-electron chi connectivity index (χ3n) is 5.07. The second-order valence-electron chi connectivity index (χ2n) is 6.94. The quantitative estimate of drug-likeness (QED) is 0.650. The van der Waals surface area contributed by atoms with Gasteiger partial charge in [-0.3, -0.25) is 9.69 Å². The molecule has 8 heteroatoms. The number of morpholine rings is 1. The number of nitrogens with one attached hydrogen (secondary N) is 1. The van der Waals surface area contributed by atoms with Gasteiger partial charge in [0.25, 0.3) is 5.91 Å². The average Bonchev–Trinajstić information content (AvgIpc) is 2.75. The van der Waals surface area contributed by atoms with E-state index in [-0.39, 0.29) is 11.9 Å². The zero-order valence-corrected chi connectivity index (χ0v) is 16.9. The molecule has 0 saturated carbocycles. The van der Waals surface area contributed by atoms with Gasteiger partial charge < -0.3 is 10.1 Å². The maximum atomic E-state index is 13.0. The molecule has 2 aromatic heterocycles. The SMILES string of the molecule is Cc1ncc(C(CNC(=O)c2cccc3nc(Cl)ccc23)N2CCOCC2)cn1. The van der Waals surface area contributed by atoms with Crippen LogP contribution >= 0.6 is 11.6 Å². The maximum Gasteiger partial charge on any atom is 0.252 e. The largest absolute Gasteiger partial charge is 0.379 e. The van der Waals surface area contributed by atoms with Crippen molar-refractivity contribution >= 4 is 28.4 Å². The topological polar surface area (TPSA) is 80.2 Å². The van der Waals surface area contributed by atoms with Gasteiger partial charge in [-0.05, 0) is 31.2 Å². The Balaban J connectivity index is 1.55. The third kappa shape index (κ3) is 4.53. The van der Waals surface area contributed by atoms with Crippen molar-refractivity contribution in [3.8, 4) is 0 Å². The molecule has 1 atom stereocenters. The van der Waals surface area contributed by atoms with E-state index in [0.717, 1.165) is 29.9 Å². The van der Waals surface area contributed by atoms with Crippen LogP contribution in [0.4, 0.5) is 0 Å². The smallest absolute Gasteiger partial charge is 0.252 e. The Kier molecular flexibility index (Phi) is 5.99. The summed E-state index contributed by atoms with van der Waals surface area (Å²) in [7, 11) is 0. The molecule has 1 amide bonds. The van der Waals surface area contributed by atoms with Gasteiger partial charge in [-0.15, -0.1) is 0 Å². The number of nitrogens with zero attached hydrogens (tertiary/aromatic N) is 4. The maximum absolute atomic E-state index is 13.0. The van der Waals surface area contributed by atoms with Gasteiger partial charge in [0.15, 0.2) is 0 Å². The lowest BCUT2D eigenvalue weighted by Gasteiger charge is -2.34. The molecule has 1 saturated heterocycles. The summed E-state index contributed by atoms with van der Waals surface area (Å²) in [5.41, 5.74) is 2.25. The summed E-state index contributed by atoms with van der Waals surface area (Å²) in [5, 5.41) is 4.26. The minimum Gasteiger partial charge on any atom is -0.379 e. The van der Waals surface area contributed by atoms with Crippen LogP contribution in [0, 0.1) is 6.92 Å². The molecular formula is C21H22ClN5O2. The lowest BCUT2D eigenvalue weighted by Crippen LogP contribution is -2.44. The number of hydrogen-bond donors (Lipinski definition) is 1. The van der Waals surface area contributed by atoms with E-state index in [2.05, 4.69) is 25.2 Å². The van der Waals surface area contributed by atoms with Crippen molar-refractivity contribution in [2.75, 3.05) is 32.8 Å². The molecule has 1 N–H and O–H groups in total. The number of amides is 1. The van der Waals surface area contributed by atoms with Crippen LogP contribution in [-0.2, 0) is 4.74 Å². The number of carbonyl (C=O) groups is 1. The van der Waals surface area contributed by atoms with Crippen molar-refractivity contribution in [2.45, 2.75) is 13.0 Å². The normalized spacial score (nSPS) is 15.9. The van der Waals surface area contributed by atoms with Crippen LogP contribution in [0.15, 0.2) is 42.7 Å². The highest BCUT2D eigenvalue weighted by Crippen LogP contribution is 2.22. The van der Waals surface area contributed by atoms with Crippen LogP contribution in [0.25, 0.3) is 10.9 Å². The fourth-order valence-electron chi connectivity index (χ4n) is 3.53. The number of aromatic nitrogens is 3. The Morgan fingerprint density at radius 1 is 1.21 bits per heavy atom. The van der Waals surface area contributed by atoms with Crippen LogP contribution in [0.1, 0.15) is 27.8 Å². The summed E-state index contributed by atoms with van der Waals surface area (Å²) >= 11 is 5.98. The predicted octanol–water partition coefficient (Wildman–Crippen LogP) is 2.79. The lowest BCUT2D eigenvalue weighted by atomic mass is 10.1. The monoisotopic (exact) mass is 411 g/mol. The molecule has 4 rings (SSSR count). The van der Waals surface area contributed by atoms with Crippen molar-refractivity contribution in [1.29, 1.82) is 0 Å². The summed E-state index contributed by atoms with van der Waals surface area (Å²) in [6, 6.07) is 8.96. The van der Waals surface area contributed by atoms with Gasteiger partial charge in [0.05, 0.1) is 24.8 Å². The molecule has 0 spiro atoms. The van der Waals surface area contributed by atoms with Crippen LogP contribution in [-0.4, -0.2) is 58.6 Å². The van der Waals surface area contributed by atoms with Crippen molar-refractivity contribution < 1.29 is 9.53 Å². The summed E-state index contributed by atoms with van der Waals surface area (Å²) in [5.74, 6) is 0.575. The molecule has 1 fully saturated rings. The highest BCUT2D eigenvalue weighted by Gasteiger charge is 2.24. The molecule has 1 aromatic carbocycles. The number of hydrogen-bond acceptors (Lipinski definition) is 6. The van der Waals surface area contributed by atoms with E-state index in [1.807, 2.05) is 37.5 Å². The molecule has 0 radical (unpaired) electrons. The number of benzene rings is 1. The minimum absolute atomic E-state index is 0.0222. The zero-order valence-electron chi connectivity index (χ0n) is 16.1. The van der Waals surface area contributed by atoms with E-state index in [1.165, 1.54) is 0 Å². The van der Waals surface area contributed by atoms with E-state index >= 15 is 0 Å². The Morgan fingerprint density at radius 2 is 1.97 bits per heavy atom. The van der Waals surface area contributed by atoms with Gasteiger partial charge in [-0.2, -0.15) is 0 Å². The average molecular weight is 412 g/mol. The minimum atomic E-state index is -0.147. The number of halogens is 1. The van der Waals surface area contributed by atoms with E-state index in [0.29, 0.717) is 36.0 Å². The van der Waals surface area contributed by atoms with Gasteiger partial charge in [0.2, 0.25) is 0 Å². The first-order chi connectivity index (χ1) is 14.1.